The average Bonchev–Trinajstić information content (AvgIpc) is 1.99. The number of hydrogen-bond donors (Lipinski definition) is 0. The molecule has 0 heteroatoms. The maximum absolute atomic E-state index is 2.35. The first-order valence-electron chi connectivity index (χ1n) is 4.65. The van der Waals surface area contributed by atoms with E-state index in [4.69, 9.17) is 0 Å². The van der Waals surface area contributed by atoms with Gasteiger partial charge in [0, 0.05) is 0 Å². The van der Waals surface area contributed by atoms with Crippen LogP contribution in [-0.2, 0) is 0 Å². The van der Waals surface area contributed by atoms with Gasteiger partial charge in [-0.05, 0) is 24.7 Å². The molecule has 0 heterocycles. The molecular weight excluding hydrogens is 132 g/mol. The topological polar surface area (TPSA) is 0 Å². The lowest BCUT2D eigenvalue weighted by Crippen LogP contribution is -2.19. The maximum atomic E-state index is 2.35. The van der Waals surface area contributed by atoms with Crippen LogP contribution in [0.4, 0.5) is 0 Å². The van der Waals surface area contributed by atoms with Crippen molar-refractivity contribution >= 4 is 0 Å². The van der Waals surface area contributed by atoms with Gasteiger partial charge in [-0.3, -0.25) is 0 Å². The van der Waals surface area contributed by atoms with Crippen molar-refractivity contribution in [3.8, 4) is 0 Å². The van der Waals surface area contributed by atoms with Crippen molar-refractivity contribution in [2.24, 2.45) is 11.3 Å². The number of rotatable bonds is 4. The molecule has 1 unspecified atom stereocenters. The van der Waals surface area contributed by atoms with Crippen LogP contribution < -0.4 is 0 Å². The highest BCUT2D eigenvalue weighted by Crippen LogP contribution is 2.32. The lowest BCUT2D eigenvalue weighted by atomic mass is 9.76. The molecule has 0 saturated heterocycles. The normalized spacial score (nSPS) is 15.7. The lowest BCUT2D eigenvalue weighted by Gasteiger charge is -2.29. The molecule has 0 bridgehead atoms. The van der Waals surface area contributed by atoms with Crippen LogP contribution in [0.15, 0.2) is 12.2 Å². The van der Waals surface area contributed by atoms with E-state index in [1.54, 1.807) is 0 Å². The van der Waals surface area contributed by atoms with Crippen LogP contribution in [0.25, 0.3) is 0 Å². The van der Waals surface area contributed by atoms with Crippen LogP contribution in [0.5, 0.6) is 0 Å². The Hall–Kier alpha value is -0.260. The van der Waals surface area contributed by atoms with Gasteiger partial charge >= 0.3 is 0 Å². The molecule has 0 N–H and O–H groups in total. The highest BCUT2D eigenvalue weighted by molar-refractivity contribution is 4.86. The van der Waals surface area contributed by atoms with Crippen molar-refractivity contribution in [2.75, 3.05) is 0 Å². The molecule has 0 aliphatic heterocycles. The van der Waals surface area contributed by atoms with E-state index in [0.29, 0.717) is 5.41 Å². The second kappa shape index (κ2) is 4.58. The molecule has 0 amide bonds. The molecule has 0 aromatic rings. The summed E-state index contributed by atoms with van der Waals surface area (Å²) in [6.07, 6.45) is 6.90. The molecular formula is C11H22. The molecule has 0 radical (unpaired) electrons. The van der Waals surface area contributed by atoms with Gasteiger partial charge in [-0.25, -0.2) is 0 Å². The van der Waals surface area contributed by atoms with E-state index in [0.717, 1.165) is 5.92 Å². The van der Waals surface area contributed by atoms with E-state index in [1.807, 2.05) is 0 Å². The minimum atomic E-state index is 0.473. The van der Waals surface area contributed by atoms with E-state index in [-0.39, 0.29) is 0 Å². The SMILES string of the molecule is CC=CCC(C)(C)C(C)CC. The summed E-state index contributed by atoms with van der Waals surface area (Å²) in [5.74, 6) is 0.818. The molecule has 1 atom stereocenters. The third-order valence-electron chi connectivity index (χ3n) is 2.83. The fourth-order valence-electron chi connectivity index (χ4n) is 1.18. The van der Waals surface area contributed by atoms with Crippen LogP contribution in [-0.4, -0.2) is 0 Å². The molecule has 0 fully saturated rings. The van der Waals surface area contributed by atoms with Crippen molar-refractivity contribution < 1.29 is 0 Å². The van der Waals surface area contributed by atoms with E-state index in [9.17, 15) is 0 Å². The molecule has 0 aromatic heterocycles. The van der Waals surface area contributed by atoms with E-state index in [2.05, 4.69) is 46.8 Å². The van der Waals surface area contributed by atoms with Gasteiger partial charge in [0.25, 0.3) is 0 Å². The average molecular weight is 154 g/mol. The van der Waals surface area contributed by atoms with Crippen LogP contribution in [0.3, 0.4) is 0 Å². The summed E-state index contributed by atoms with van der Waals surface area (Å²) in [6.45, 7) is 11.4. The minimum absolute atomic E-state index is 0.473. The second-order valence-corrected chi connectivity index (χ2v) is 4.07. The molecule has 0 aliphatic carbocycles. The number of hydrogen-bond acceptors (Lipinski definition) is 0. The predicted octanol–water partition coefficient (Wildman–Crippen LogP) is 4.02. The number of allylic oxidation sites excluding steroid dienone is 2. The molecule has 0 aromatic carbocycles. The van der Waals surface area contributed by atoms with E-state index < -0.39 is 0 Å². The largest absolute Gasteiger partial charge is 0.0916 e. The zero-order valence-electron chi connectivity index (χ0n) is 8.65. The maximum Gasteiger partial charge on any atom is -0.0294 e. The van der Waals surface area contributed by atoms with E-state index >= 15 is 0 Å². The zero-order valence-corrected chi connectivity index (χ0v) is 8.65. The Labute approximate surface area is 71.7 Å². The Balaban J connectivity index is 3.97. The lowest BCUT2D eigenvalue weighted by molar-refractivity contribution is 0.227. The van der Waals surface area contributed by atoms with E-state index in [1.165, 1.54) is 12.8 Å². The van der Waals surface area contributed by atoms with Gasteiger partial charge in [0.15, 0.2) is 0 Å². The zero-order chi connectivity index (χ0) is 8.91. The van der Waals surface area contributed by atoms with Crippen molar-refractivity contribution in [1.29, 1.82) is 0 Å². The fourth-order valence-corrected chi connectivity index (χ4v) is 1.18. The van der Waals surface area contributed by atoms with Crippen LogP contribution in [0.1, 0.15) is 47.5 Å². The standard InChI is InChI=1S/C11H22/c1-6-8-9-11(4,5)10(3)7-2/h6,8,10H,7,9H2,1-5H3. The van der Waals surface area contributed by atoms with Crippen molar-refractivity contribution in [3.63, 3.8) is 0 Å². The monoisotopic (exact) mass is 154 g/mol. The first-order chi connectivity index (χ1) is 5.04. The fraction of sp³-hybridized carbons (Fsp3) is 0.818. The van der Waals surface area contributed by atoms with Gasteiger partial charge in [-0.2, -0.15) is 0 Å². The van der Waals surface area contributed by atoms with Crippen LogP contribution in [0, 0.1) is 11.3 Å². The van der Waals surface area contributed by atoms with Gasteiger partial charge in [0.2, 0.25) is 0 Å². The van der Waals surface area contributed by atoms with Gasteiger partial charge in [0.05, 0.1) is 0 Å². The van der Waals surface area contributed by atoms with Gasteiger partial charge in [-0.1, -0.05) is 46.3 Å². The summed E-state index contributed by atoms with van der Waals surface area (Å²) in [5, 5.41) is 0. The summed E-state index contributed by atoms with van der Waals surface area (Å²) in [7, 11) is 0. The van der Waals surface area contributed by atoms with Crippen LogP contribution in [0.2, 0.25) is 0 Å². The first-order valence-corrected chi connectivity index (χ1v) is 4.65. The van der Waals surface area contributed by atoms with Crippen molar-refractivity contribution in [1.82, 2.24) is 0 Å². The Morgan fingerprint density at radius 1 is 1.36 bits per heavy atom. The molecule has 0 saturated carbocycles. The first kappa shape index (κ1) is 10.7. The van der Waals surface area contributed by atoms with Gasteiger partial charge in [0.1, 0.15) is 0 Å². The van der Waals surface area contributed by atoms with Crippen LogP contribution >= 0.6 is 0 Å². The highest BCUT2D eigenvalue weighted by atomic mass is 14.3. The smallest absolute Gasteiger partial charge is 0.0294 e. The quantitative estimate of drug-likeness (QED) is 0.536. The molecule has 0 nitrogen and oxygen atoms in total. The summed E-state index contributed by atoms with van der Waals surface area (Å²) >= 11 is 0. The Kier molecular flexibility index (Phi) is 4.48. The third kappa shape index (κ3) is 3.60. The van der Waals surface area contributed by atoms with Gasteiger partial charge < -0.3 is 0 Å². The Morgan fingerprint density at radius 2 is 1.91 bits per heavy atom. The predicted molar refractivity (Wildman–Crippen MR) is 52.7 cm³/mol. The summed E-state index contributed by atoms with van der Waals surface area (Å²) < 4.78 is 0. The van der Waals surface area contributed by atoms with Crippen molar-refractivity contribution in [3.05, 3.63) is 12.2 Å². The Bertz CT molecular complexity index is 120. The minimum Gasteiger partial charge on any atom is -0.0916 e. The van der Waals surface area contributed by atoms with Crippen molar-refractivity contribution in [2.45, 2.75) is 47.5 Å². The molecule has 66 valence electrons. The molecule has 0 aliphatic rings. The van der Waals surface area contributed by atoms with Gasteiger partial charge in [-0.15, -0.1) is 0 Å². The summed E-state index contributed by atoms with van der Waals surface area (Å²) in [5.41, 5.74) is 0.473. The summed E-state index contributed by atoms with van der Waals surface area (Å²) in [6, 6.07) is 0. The second-order valence-electron chi connectivity index (χ2n) is 4.07. The third-order valence-corrected chi connectivity index (χ3v) is 2.83. The molecule has 0 rings (SSSR count). The molecule has 11 heavy (non-hydrogen) atoms. The Morgan fingerprint density at radius 3 is 2.27 bits per heavy atom. The molecule has 0 spiro atoms. The highest BCUT2D eigenvalue weighted by Gasteiger charge is 2.22. The summed E-state index contributed by atoms with van der Waals surface area (Å²) in [4.78, 5) is 0.